The van der Waals surface area contributed by atoms with Gasteiger partial charge in [-0.3, -0.25) is 4.79 Å². The number of amides is 1. The number of esters is 1. The van der Waals surface area contributed by atoms with Gasteiger partial charge in [-0.05, 0) is 47.1 Å². The Morgan fingerprint density at radius 1 is 1.00 bits per heavy atom. The number of ether oxygens (including phenoxy) is 2. The molecule has 0 bridgehead atoms. The van der Waals surface area contributed by atoms with Crippen molar-refractivity contribution >= 4 is 12.1 Å². The van der Waals surface area contributed by atoms with Crippen LogP contribution in [-0.4, -0.2) is 47.3 Å². The van der Waals surface area contributed by atoms with Crippen LogP contribution in [0.4, 0.5) is 4.79 Å². The summed E-state index contributed by atoms with van der Waals surface area (Å²) in [4.78, 5) is 26.7. The molecule has 0 saturated carbocycles. The van der Waals surface area contributed by atoms with E-state index < -0.39 is 23.2 Å². The summed E-state index contributed by atoms with van der Waals surface area (Å²) < 4.78 is 11.0. The first-order chi connectivity index (χ1) is 12.4. The molecule has 1 amide bonds. The van der Waals surface area contributed by atoms with Gasteiger partial charge in [0.15, 0.2) is 0 Å². The van der Waals surface area contributed by atoms with Crippen LogP contribution in [-0.2, 0) is 20.8 Å². The molecule has 27 heavy (non-hydrogen) atoms. The molecule has 6 nitrogen and oxygen atoms in total. The molecule has 0 aromatic heterocycles. The number of hydrogen-bond donors (Lipinski definition) is 1. The van der Waals surface area contributed by atoms with Crippen LogP contribution < -0.4 is 5.32 Å². The lowest BCUT2D eigenvalue weighted by Crippen LogP contribution is -2.41. The lowest BCUT2D eigenvalue weighted by molar-refractivity contribution is -0.160. The summed E-state index contributed by atoms with van der Waals surface area (Å²) in [5.41, 5.74) is -0.0229. The molecule has 0 radical (unpaired) electrons. The van der Waals surface area contributed by atoms with Crippen molar-refractivity contribution in [3.63, 3.8) is 0 Å². The van der Waals surface area contributed by atoms with E-state index in [4.69, 9.17) is 9.47 Å². The van der Waals surface area contributed by atoms with Crippen LogP contribution in [0.25, 0.3) is 0 Å². The second-order valence-electron chi connectivity index (χ2n) is 9.00. The number of rotatable bonds is 4. The number of carbonyl (C=O) groups excluding carboxylic acids is 2. The Hall–Kier alpha value is -2.08. The molecule has 2 rings (SSSR count). The lowest BCUT2D eigenvalue weighted by Gasteiger charge is -2.25. The van der Waals surface area contributed by atoms with E-state index in [0.29, 0.717) is 13.1 Å². The Balaban J connectivity index is 2.08. The highest BCUT2D eigenvalue weighted by Crippen LogP contribution is 2.24. The van der Waals surface area contributed by atoms with Crippen molar-refractivity contribution in [1.82, 2.24) is 10.2 Å². The zero-order valence-electron chi connectivity index (χ0n) is 17.2. The van der Waals surface area contributed by atoms with E-state index in [9.17, 15) is 9.59 Å². The molecule has 1 saturated heterocycles. The summed E-state index contributed by atoms with van der Waals surface area (Å²) in [7, 11) is 0. The Kier molecular flexibility index (Phi) is 6.52. The van der Waals surface area contributed by atoms with Gasteiger partial charge in [0, 0.05) is 25.7 Å². The third-order valence-corrected chi connectivity index (χ3v) is 4.09. The molecule has 1 fully saturated rings. The number of hydrogen-bond acceptors (Lipinski definition) is 5. The highest BCUT2D eigenvalue weighted by atomic mass is 16.6. The number of carbonyl (C=O) groups is 2. The van der Waals surface area contributed by atoms with E-state index in [1.165, 1.54) is 0 Å². The molecule has 1 aromatic rings. The highest BCUT2D eigenvalue weighted by Gasteiger charge is 2.42. The van der Waals surface area contributed by atoms with Crippen LogP contribution in [0.1, 0.15) is 47.1 Å². The molecule has 0 aliphatic carbocycles. The van der Waals surface area contributed by atoms with Gasteiger partial charge >= 0.3 is 12.1 Å². The molecule has 2 unspecified atom stereocenters. The van der Waals surface area contributed by atoms with Gasteiger partial charge in [0.2, 0.25) is 0 Å². The summed E-state index contributed by atoms with van der Waals surface area (Å²) in [5.74, 6) is -0.723. The maximum atomic E-state index is 12.7. The first kappa shape index (κ1) is 21.2. The highest BCUT2D eigenvalue weighted by molar-refractivity contribution is 5.77. The summed E-state index contributed by atoms with van der Waals surface area (Å²) >= 11 is 0. The van der Waals surface area contributed by atoms with Crippen molar-refractivity contribution in [2.75, 3.05) is 13.1 Å². The van der Waals surface area contributed by atoms with Crippen molar-refractivity contribution in [2.45, 2.75) is 65.3 Å². The topological polar surface area (TPSA) is 67.9 Å². The van der Waals surface area contributed by atoms with E-state index in [0.717, 1.165) is 5.56 Å². The predicted octanol–water partition coefficient (Wildman–Crippen LogP) is 3.35. The van der Waals surface area contributed by atoms with Crippen LogP contribution in [0, 0.1) is 5.92 Å². The third kappa shape index (κ3) is 6.86. The number of benzene rings is 1. The smallest absolute Gasteiger partial charge is 0.410 e. The second-order valence-corrected chi connectivity index (χ2v) is 9.00. The zero-order valence-corrected chi connectivity index (χ0v) is 17.2. The maximum absolute atomic E-state index is 12.7. The molecule has 1 aliphatic heterocycles. The first-order valence-electron chi connectivity index (χ1n) is 9.43. The Bertz CT molecular complexity index is 646. The Morgan fingerprint density at radius 3 is 2.15 bits per heavy atom. The zero-order chi connectivity index (χ0) is 20.2. The Labute approximate surface area is 162 Å². The fourth-order valence-corrected chi connectivity index (χ4v) is 2.95. The molecule has 2 atom stereocenters. The summed E-state index contributed by atoms with van der Waals surface area (Å²) in [6.45, 7) is 12.3. The van der Waals surface area contributed by atoms with Crippen molar-refractivity contribution in [3.8, 4) is 0 Å². The van der Waals surface area contributed by atoms with Crippen LogP contribution in [0.5, 0.6) is 0 Å². The second kappa shape index (κ2) is 8.30. The van der Waals surface area contributed by atoms with E-state index in [-0.39, 0.29) is 18.6 Å². The monoisotopic (exact) mass is 376 g/mol. The van der Waals surface area contributed by atoms with E-state index in [1.54, 1.807) is 4.90 Å². The summed E-state index contributed by atoms with van der Waals surface area (Å²) in [6, 6.07) is 9.78. The van der Waals surface area contributed by atoms with Crippen LogP contribution >= 0.6 is 0 Å². The van der Waals surface area contributed by atoms with Crippen LogP contribution in [0.3, 0.4) is 0 Å². The molecule has 1 N–H and O–H groups in total. The minimum atomic E-state index is -0.575. The minimum absolute atomic E-state index is 0.187. The van der Waals surface area contributed by atoms with Crippen molar-refractivity contribution < 1.29 is 19.1 Å². The van der Waals surface area contributed by atoms with Crippen molar-refractivity contribution in [3.05, 3.63) is 35.9 Å². The van der Waals surface area contributed by atoms with Gasteiger partial charge in [0.05, 0.1) is 5.92 Å². The molecule has 1 aliphatic rings. The fraction of sp³-hybridized carbons (Fsp3) is 0.619. The fourth-order valence-electron chi connectivity index (χ4n) is 2.95. The van der Waals surface area contributed by atoms with Gasteiger partial charge < -0.3 is 19.7 Å². The van der Waals surface area contributed by atoms with Gasteiger partial charge in [0.25, 0.3) is 0 Å². The summed E-state index contributed by atoms with van der Waals surface area (Å²) in [6.07, 6.45) is -0.403. The minimum Gasteiger partial charge on any atom is -0.460 e. The van der Waals surface area contributed by atoms with Gasteiger partial charge in [-0.2, -0.15) is 0 Å². The normalized spacial score (nSPS) is 20.4. The Morgan fingerprint density at radius 2 is 1.59 bits per heavy atom. The number of likely N-dealkylation sites (tertiary alicyclic amines) is 1. The van der Waals surface area contributed by atoms with Gasteiger partial charge in [-0.1, -0.05) is 30.3 Å². The van der Waals surface area contributed by atoms with E-state index >= 15 is 0 Å². The maximum Gasteiger partial charge on any atom is 0.410 e. The van der Waals surface area contributed by atoms with Crippen LogP contribution in [0.2, 0.25) is 0 Å². The average molecular weight is 376 g/mol. The molecule has 0 spiro atoms. The number of nitrogens with zero attached hydrogens (tertiary/aromatic N) is 1. The summed E-state index contributed by atoms with van der Waals surface area (Å²) in [5, 5.41) is 3.41. The van der Waals surface area contributed by atoms with Gasteiger partial charge in [0.1, 0.15) is 11.2 Å². The molecule has 1 aromatic carbocycles. The van der Waals surface area contributed by atoms with Crippen LogP contribution in [0.15, 0.2) is 30.3 Å². The van der Waals surface area contributed by atoms with Gasteiger partial charge in [-0.15, -0.1) is 0 Å². The first-order valence-corrected chi connectivity index (χ1v) is 9.43. The predicted molar refractivity (Wildman–Crippen MR) is 104 cm³/mol. The molecule has 150 valence electrons. The lowest BCUT2D eigenvalue weighted by atomic mass is 10.0. The average Bonchev–Trinajstić information content (AvgIpc) is 2.95. The molecular formula is C21H32N2O4. The van der Waals surface area contributed by atoms with Crippen molar-refractivity contribution in [2.24, 2.45) is 5.92 Å². The quantitative estimate of drug-likeness (QED) is 0.816. The van der Waals surface area contributed by atoms with Crippen molar-refractivity contribution in [1.29, 1.82) is 0 Å². The molecular weight excluding hydrogens is 344 g/mol. The third-order valence-electron chi connectivity index (χ3n) is 4.09. The molecule has 1 heterocycles. The largest absolute Gasteiger partial charge is 0.460 e. The number of nitrogens with one attached hydrogen (secondary N) is 1. The standard InChI is InChI=1S/C21H32N2O4/c1-20(2,3)26-18(24)16-13-23(19(25)27-21(4,5)6)14-17(16)22-12-15-10-8-7-9-11-15/h7-11,16-17,22H,12-14H2,1-6H3. The SMILES string of the molecule is CC(C)(C)OC(=O)C1CN(C(=O)OC(C)(C)C)CC1NCc1ccccc1. The van der Waals surface area contributed by atoms with E-state index in [1.807, 2.05) is 71.9 Å². The molecule has 6 heteroatoms. The van der Waals surface area contributed by atoms with Gasteiger partial charge in [-0.25, -0.2) is 4.79 Å². The van der Waals surface area contributed by atoms with E-state index in [2.05, 4.69) is 5.32 Å².